The van der Waals surface area contributed by atoms with Gasteiger partial charge in [-0.3, -0.25) is 0 Å². The molecule has 0 aromatic heterocycles. The molecule has 1 fully saturated rings. The minimum absolute atomic E-state index is 0.0255. The Morgan fingerprint density at radius 1 is 0.871 bits per heavy atom. The summed E-state index contributed by atoms with van der Waals surface area (Å²) in [5.74, 6) is 0.936. The first-order chi connectivity index (χ1) is 15.1. The van der Waals surface area contributed by atoms with Gasteiger partial charge in [-0.2, -0.15) is 0 Å². The third-order valence-electron chi connectivity index (χ3n) is 6.60. The quantitative estimate of drug-likeness (QED) is 0.409. The third kappa shape index (κ3) is 3.94. The predicted octanol–water partition coefficient (Wildman–Crippen LogP) is 6.82. The van der Waals surface area contributed by atoms with Crippen LogP contribution < -0.4 is 5.30 Å². The van der Waals surface area contributed by atoms with Crippen LogP contribution in [0, 0.1) is 0 Å². The van der Waals surface area contributed by atoms with Crippen LogP contribution in [0.15, 0.2) is 96.0 Å². The number of nitrogens with zero attached hydrogens (tertiary/aromatic N) is 1. The van der Waals surface area contributed by atoms with Gasteiger partial charge in [0.05, 0.1) is 5.54 Å². The average molecular weight is 428 g/mol. The number of hydrogen-bond donors (Lipinski definition) is 0. The molecule has 0 radical (unpaired) electrons. The summed E-state index contributed by atoms with van der Waals surface area (Å²) < 4.78 is 6.16. The Hall–Kier alpha value is -2.44. The van der Waals surface area contributed by atoms with Gasteiger partial charge in [0.1, 0.15) is 6.61 Å². The van der Waals surface area contributed by atoms with Crippen LogP contribution in [0.1, 0.15) is 49.9 Å². The van der Waals surface area contributed by atoms with E-state index in [0.29, 0.717) is 12.3 Å². The molecule has 0 bridgehead atoms. The molecule has 3 heteroatoms. The normalized spacial score (nSPS) is 27.0. The molecule has 0 aliphatic carbocycles. The first-order valence-electron chi connectivity index (χ1n) is 11.2. The van der Waals surface area contributed by atoms with E-state index in [9.17, 15) is 0 Å². The molecule has 3 aromatic carbocycles. The van der Waals surface area contributed by atoms with Gasteiger partial charge in [0.25, 0.3) is 0 Å². The van der Waals surface area contributed by atoms with Gasteiger partial charge in [-0.1, -0.05) is 98.9 Å². The highest BCUT2D eigenvalue weighted by Crippen LogP contribution is 2.74. The highest BCUT2D eigenvalue weighted by atomic mass is 31.1. The smallest absolute Gasteiger partial charge is 0.185 e. The standard InChI is InChI=1S/C28H30NOP/c1-27(2)21-30-26(29-27)20-28(23-14-8-4-9-15-23)19-18-25(22-12-6-3-7-13-22)31(28)24-16-10-5-11-17-24/h3-17,25H,18-21H2,1-2H3/t25-,28-,31-/m0/s1. The zero-order valence-corrected chi connectivity index (χ0v) is 19.3. The van der Waals surface area contributed by atoms with E-state index in [1.807, 2.05) is 0 Å². The summed E-state index contributed by atoms with van der Waals surface area (Å²) in [4.78, 5) is 4.99. The van der Waals surface area contributed by atoms with Gasteiger partial charge in [-0.05, 0) is 43.1 Å². The lowest BCUT2D eigenvalue weighted by Crippen LogP contribution is -2.28. The summed E-state index contributed by atoms with van der Waals surface area (Å²) in [6.07, 6.45) is 3.22. The highest BCUT2D eigenvalue weighted by molar-refractivity contribution is 7.67. The van der Waals surface area contributed by atoms with Crippen LogP contribution in [0.2, 0.25) is 0 Å². The fraction of sp³-hybridized carbons (Fsp3) is 0.321. The summed E-state index contributed by atoms with van der Waals surface area (Å²) >= 11 is 0. The first-order valence-corrected chi connectivity index (χ1v) is 12.6. The second-order valence-electron chi connectivity index (χ2n) is 9.35. The molecule has 0 unspecified atom stereocenters. The number of rotatable bonds is 5. The Balaban J connectivity index is 1.66. The van der Waals surface area contributed by atoms with Crippen molar-refractivity contribution in [2.24, 2.45) is 4.99 Å². The number of ether oxygens (including phenoxy) is 1. The van der Waals surface area contributed by atoms with Crippen LogP contribution in [-0.4, -0.2) is 18.0 Å². The molecule has 0 spiro atoms. The van der Waals surface area contributed by atoms with Gasteiger partial charge < -0.3 is 4.74 Å². The summed E-state index contributed by atoms with van der Waals surface area (Å²) in [7, 11) is -0.512. The van der Waals surface area contributed by atoms with Crippen molar-refractivity contribution in [3.8, 4) is 0 Å². The zero-order valence-electron chi connectivity index (χ0n) is 18.4. The van der Waals surface area contributed by atoms with Gasteiger partial charge >= 0.3 is 0 Å². The molecule has 158 valence electrons. The lowest BCUT2D eigenvalue weighted by atomic mass is 9.89. The molecule has 2 nitrogen and oxygen atoms in total. The van der Waals surface area contributed by atoms with Crippen molar-refractivity contribution in [3.05, 3.63) is 102 Å². The number of aliphatic imine (C=N–C) groups is 1. The zero-order chi connectivity index (χ0) is 21.3. The molecule has 0 N–H and O–H groups in total. The topological polar surface area (TPSA) is 21.6 Å². The van der Waals surface area contributed by atoms with Crippen molar-refractivity contribution in [1.29, 1.82) is 0 Å². The van der Waals surface area contributed by atoms with E-state index < -0.39 is 7.92 Å². The van der Waals surface area contributed by atoms with Crippen molar-refractivity contribution in [1.82, 2.24) is 0 Å². The second-order valence-corrected chi connectivity index (χ2v) is 12.1. The minimum Gasteiger partial charge on any atom is -0.478 e. The van der Waals surface area contributed by atoms with Crippen LogP contribution in [-0.2, 0) is 9.89 Å². The van der Waals surface area contributed by atoms with Crippen molar-refractivity contribution in [2.45, 2.75) is 49.5 Å². The SMILES string of the molecule is CC1(C)COC(C[C@]2(c3ccccc3)CC[C@@H](c3ccccc3)[P@]2c2ccccc2)=N1. The van der Waals surface area contributed by atoms with E-state index >= 15 is 0 Å². The molecule has 2 heterocycles. The third-order valence-corrected chi connectivity index (χ3v) is 10.2. The Kier molecular flexibility index (Phi) is 5.44. The summed E-state index contributed by atoms with van der Waals surface area (Å²) in [6.45, 7) is 5.01. The number of hydrogen-bond acceptors (Lipinski definition) is 2. The molecule has 1 saturated heterocycles. The fourth-order valence-electron chi connectivity index (χ4n) is 5.24. The van der Waals surface area contributed by atoms with Crippen molar-refractivity contribution < 1.29 is 4.74 Å². The van der Waals surface area contributed by atoms with Crippen LogP contribution in [0.3, 0.4) is 0 Å². The van der Waals surface area contributed by atoms with E-state index in [-0.39, 0.29) is 10.7 Å². The monoisotopic (exact) mass is 427 g/mol. The molecule has 2 aliphatic heterocycles. The summed E-state index contributed by atoms with van der Waals surface area (Å²) in [6, 6.07) is 33.5. The van der Waals surface area contributed by atoms with E-state index in [1.165, 1.54) is 22.9 Å². The van der Waals surface area contributed by atoms with Crippen LogP contribution in [0.25, 0.3) is 0 Å². The second kappa shape index (κ2) is 8.24. The number of benzene rings is 3. The van der Waals surface area contributed by atoms with Gasteiger partial charge in [0, 0.05) is 17.2 Å². The van der Waals surface area contributed by atoms with E-state index in [1.54, 1.807) is 0 Å². The van der Waals surface area contributed by atoms with Gasteiger partial charge in [0.15, 0.2) is 5.90 Å². The maximum Gasteiger partial charge on any atom is 0.185 e. The first kappa shape index (κ1) is 20.5. The average Bonchev–Trinajstić information content (AvgIpc) is 3.36. The van der Waals surface area contributed by atoms with E-state index in [0.717, 1.165) is 18.7 Å². The molecule has 0 amide bonds. The maximum absolute atomic E-state index is 6.16. The largest absolute Gasteiger partial charge is 0.478 e. The Morgan fingerprint density at radius 3 is 2.10 bits per heavy atom. The van der Waals surface area contributed by atoms with Crippen LogP contribution >= 0.6 is 7.92 Å². The van der Waals surface area contributed by atoms with Crippen molar-refractivity contribution in [2.75, 3.05) is 6.61 Å². The Labute approximate surface area is 187 Å². The molecule has 5 rings (SSSR count). The van der Waals surface area contributed by atoms with Gasteiger partial charge in [0.2, 0.25) is 0 Å². The van der Waals surface area contributed by atoms with Crippen molar-refractivity contribution >= 4 is 19.1 Å². The Morgan fingerprint density at radius 2 is 1.48 bits per heavy atom. The van der Waals surface area contributed by atoms with E-state index in [2.05, 4.69) is 105 Å². The van der Waals surface area contributed by atoms with Gasteiger partial charge in [-0.25, -0.2) is 4.99 Å². The molecular formula is C28H30NOP. The lowest BCUT2D eigenvalue weighted by Gasteiger charge is -2.39. The summed E-state index contributed by atoms with van der Waals surface area (Å²) in [5.41, 5.74) is 3.30. The molecule has 0 saturated carbocycles. The molecular weight excluding hydrogens is 397 g/mol. The van der Waals surface area contributed by atoms with Crippen molar-refractivity contribution in [3.63, 3.8) is 0 Å². The van der Waals surface area contributed by atoms with Crippen LogP contribution in [0.5, 0.6) is 0 Å². The highest BCUT2D eigenvalue weighted by Gasteiger charge is 2.51. The Bertz CT molecular complexity index is 1050. The molecule has 2 aliphatic rings. The van der Waals surface area contributed by atoms with Gasteiger partial charge in [-0.15, -0.1) is 0 Å². The predicted molar refractivity (Wildman–Crippen MR) is 132 cm³/mol. The minimum atomic E-state index is -0.512. The van der Waals surface area contributed by atoms with E-state index in [4.69, 9.17) is 9.73 Å². The van der Waals surface area contributed by atoms with Crippen LogP contribution in [0.4, 0.5) is 0 Å². The molecule has 3 aromatic rings. The lowest BCUT2D eigenvalue weighted by molar-refractivity contribution is 0.270. The molecule has 3 atom stereocenters. The fourth-order valence-corrected chi connectivity index (χ4v) is 9.14. The molecule has 31 heavy (non-hydrogen) atoms. The summed E-state index contributed by atoms with van der Waals surface area (Å²) in [5, 5.41) is 1.50. The maximum atomic E-state index is 6.16.